The summed E-state index contributed by atoms with van der Waals surface area (Å²) >= 11 is 0. The summed E-state index contributed by atoms with van der Waals surface area (Å²) < 4.78 is 37.9. The molecule has 2 rings (SSSR count). The van der Waals surface area contributed by atoms with E-state index in [1.54, 1.807) is 6.07 Å². The molecule has 0 aromatic heterocycles. The lowest BCUT2D eigenvalue weighted by molar-refractivity contribution is -0.137. The van der Waals surface area contributed by atoms with E-state index in [9.17, 15) is 18.3 Å². The third-order valence-electron chi connectivity index (χ3n) is 3.67. The number of aliphatic hydroxyl groups is 1. The first kappa shape index (κ1) is 12.4. The first-order valence-electron chi connectivity index (χ1n) is 5.77. The molecule has 0 atom stereocenters. The topological polar surface area (TPSA) is 20.2 Å². The number of aliphatic hydroxyl groups excluding tert-OH is 1. The van der Waals surface area contributed by atoms with Gasteiger partial charge < -0.3 is 5.11 Å². The zero-order valence-corrected chi connectivity index (χ0v) is 9.43. The van der Waals surface area contributed by atoms with Gasteiger partial charge in [-0.25, -0.2) is 0 Å². The molecule has 1 fully saturated rings. The van der Waals surface area contributed by atoms with E-state index in [0.29, 0.717) is 5.56 Å². The van der Waals surface area contributed by atoms with Crippen LogP contribution in [-0.4, -0.2) is 11.7 Å². The number of hydrogen-bond donors (Lipinski definition) is 1. The van der Waals surface area contributed by atoms with E-state index in [1.807, 2.05) is 0 Å². The van der Waals surface area contributed by atoms with Crippen LogP contribution in [0.5, 0.6) is 0 Å². The molecule has 0 saturated heterocycles. The lowest BCUT2D eigenvalue weighted by Crippen LogP contribution is -2.27. The molecule has 1 aliphatic rings. The molecule has 0 heterocycles. The smallest absolute Gasteiger partial charge is 0.395 e. The fourth-order valence-corrected chi connectivity index (χ4v) is 2.62. The second kappa shape index (κ2) is 4.33. The second-order valence-corrected chi connectivity index (χ2v) is 4.72. The second-order valence-electron chi connectivity index (χ2n) is 4.72. The summed E-state index contributed by atoms with van der Waals surface area (Å²) in [7, 11) is 0. The molecular weight excluding hydrogens is 229 g/mol. The zero-order chi connectivity index (χ0) is 12.5. The van der Waals surface area contributed by atoms with Crippen LogP contribution in [0.1, 0.15) is 36.8 Å². The molecule has 4 heteroatoms. The zero-order valence-electron chi connectivity index (χ0n) is 9.43. The van der Waals surface area contributed by atoms with Crippen molar-refractivity contribution in [3.05, 3.63) is 35.4 Å². The van der Waals surface area contributed by atoms with Gasteiger partial charge in [0.25, 0.3) is 0 Å². The van der Waals surface area contributed by atoms with Gasteiger partial charge in [-0.15, -0.1) is 0 Å². The van der Waals surface area contributed by atoms with Crippen molar-refractivity contribution in [3.8, 4) is 0 Å². The average Bonchev–Trinajstić information content (AvgIpc) is 2.78. The van der Waals surface area contributed by atoms with Gasteiger partial charge in [-0.2, -0.15) is 13.2 Å². The maximum atomic E-state index is 12.6. The SMILES string of the molecule is OCC1(c2cccc(C(F)(F)F)c2)CCCC1. The van der Waals surface area contributed by atoms with Crippen molar-refractivity contribution in [2.24, 2.45) is 0 Å². The molecule has 17 heavy (non-hydrogen) atoms. The van der Waals surface area contributed by atoms with Gasteiger partial charge >= 0.3 is 6.18 Å². The van der Waals surface area contributed by atoms with Gasteiger partial charge in [-0.05, 0) is 24.5 Å². The predicted octanol–water partition coefficient (Wildman–Crippen LogP) is 3.51. The lowest BCUT2D eigenvalue weighted by atomic mass is 9.79. The van der Waals surface area contributed by atoms with E-state index < -0.39 is 17.2 Å². The molecule has 0 spiro atoms. The van der Waals surface area contributed by atoms with Crippen LogP contribution >= 0.6 is 0 Å². The van der Waals surface area contributed by atoms with E-state index >= 15 is 0 Å². The largest absolute Gasteiger partial charge is 0.416 e. The van der Waals surface area contributed by atoms with E-state index in [2.05, 4.69) is 0 Å². The molecule has 0 aliphatic heterocycles. The summed E-state index contributed by atoms with van der Waals surface area (Å²) in [6, 6.07) is 5.37. The summed E-state index contributed by atoms with van der Waals surface area (Å²) in [5, 5.41) is 9.48. The third-order valence-corrected chi connectivity index (χ3v) is 3.67. The van der Waals surface area contributed by atoms with Gasteiger partial charge in [-0.3, -0.25) is 0 Å². The van der Waals surface area contributed by atoms with Crippen LogP contribution in [0.3, 0.4) is 0 Å². The first-order chi connectivity index (χ1) is 7.98. The first-order valence-corrected chi connectivity index (χ1v) is 5.77. The predicted molar refractivity (Wildman–Crippen MR) is 58.7 cm³/mol. The third kappa shape index (κ3) is 2.32. The van der Waals surface area contributed by atoms with Crippen molar-refractivity contribution in [1.29, 1.82) is 0 Å². The highest BCUT2D eigenvalue weighted by molar-refractivity contribution is 5.32. The Morgan fingerprint density at radius 1 is 1.18 bits per heavy atom. The number of alkyl halides is 3. The summed E-state index contributed by atoms with van der Waals surface area (Å²) in [6.45, 7) is -0.0751. The van der Waals surface area contributed by atoms with Gasteiger partial charge in [0.2, 0.25) is 0 Å². The van der Waals surface area contributed by atoms with Gasteiger partial charge in [0.1, 0.15) is 0 Å². The highest BCUT2D eigenvalue weighted by Crippen LogP contribution is 2.42. The highest BCUT2D eigenvalue weighted by Gasteiger charge is 2.37. The molecule has 94 valence electrons. The standard InChI is InChI=1S/C13H15F3O/c14-13(15,16)11-5-3-4-10(8-11)12(9-17)6-1-2-7-12/h3-5,8,17H,1-2,6-7,9H2. The maximum Gasteiger partial charge on any atom is 0.416 e. The van der Waals surface area contributed by atoms with E-state index in [0.717, 1.165) is 31.7 Å². The molecule has 1 N–H and O–H groups in total. The minimum absolute atomic E-state index is 0.0751. The van der Waals surface area contributed by atoms with Gasteiger partial charge in [0.15, 0.2) is 0 Å². The van der Waals surface area contributed by atoms with Crippen LogP contribution in [-0.2, 0) is 11.6 Å². The summed E-state index contributed by atoms with van der Waals surface area (Å²) in [4.78, 5) is 0. The maximum absolute atomic E-state index is 12.6. The molecule has 0 bridgehead atoms. The number of hydrogen-bond acceptors (Lipinski definition) is 1. The highest BCUT2D eigenvalue weighted by atomic mass is 19.4. The molecule has 0 unspecified atom stereocenters. The Balaban J connectivity index is 2.39. The van der Waals surface area contributed by atoms with Crippen LogP contribution in [0.4, 0.5) is 13.2 Å². The van der Waals surface area contributed by atoms with Crippen molar-refractivity contribution in [2.45, 2.75) is 37.3 Å². The van der Waals surface area contributed by atoms with Crippen molar-refractivity contribution >= 4 is 0 Å². The quantitative estimate of drug-likeness (QED) is 0.844. The van der Waals surface area contributed by atoms with Crippen LogP contribution in [0.25, 0.3) is 0 Å². The number of halogens is 3. The van der Waals surface area contributed by atoms with E-state index in [-0.39, 0.29) is 6.61 Å². The Kier molecular flexibility index (Phi) is 3.17. The van der Waals surface area contributed by atoms with Crippen molar-refractivity contribution in [3.63, 3.8) is 0 Å². The molecule has 0 amide bonds. The average molecular weight is 244 g/mol. The lowest BCUT2D eigenvalue weighted by Gasteiger charge is -2.27. The molecule has 0 radical (unpaired) electrons. The Labute approximate surface area is 98.3 Å². The van der Waals surface area contributed by atoms with Gasteiger partial charge in [-0.1, -0.05) is 31.0 Å². The molecule has 1 aromatic carbocycles. The van der Waals surface area contributed by atoms with Gasteiger partial charge in [0.05, 0.1) is 12.2 Å². The van der Waals surface area contributed by atoms with Crippen LogP contribution < -0.4 is 0 Å². The monoisotopic (exact) mass is 244 g/mol. The summed E-state index contributed by atoms with van der Waals surface area (Å²) in [5.41, 5.74) is -0.469. The fourth-order valence-electron chi connectivity index (χ4n) is 2.62. The normalized spacial score (nSPS) is 19.5. The summed E-state index contributed by atoms with van der Waals surface area (Å²) in [5.74, 6) is 0. The number of benzene rings is 1. The van der Waals surface area contributed by atoms with E-state index in [1.165, 1.54) is 12.1 Å². The fraction of sp³-hybridized carbons (Fsp3) is 0.538. The van der Waals surface area contributed by atoms with Crippen molar-refractivity contribution in [1.82, 2.24) is 0 Å². The Bertz CT molecular complexity index is 392. The molecule has 1 aliphatic carbocycles. The number of rotatable bonds is 2. The van der Waals surface area contributed by atoms with Gasteiger partial charge in [0, 0.05) is 5.41 Å². The van der Waals surface area contributed by atoms with Crippen LogP contribution in [0, 0.1) is 0 Å². The van der Waals surface area contributed by atoms with Crippen LogP contribution in [0.2, 0.25) is 0 Å². The van der Waals surface area contributed by atoms with Crippen molar-refractivity contribution < 1.29 is 18.3 Å². The summed E-state index contributed by atoms with van der Waals surface area (Å²) in [6.07, 6.45) is -0.839. The minimum atomic E-state index is -4.31. The Morgan fingerprint density at radius 2 is 1.82 bits per heavy atom. The molecule has 1 aromatic rings. The Morgan fingerprint density at radius 3 is 2.35 bits per heavy atom. The molecular formula is C13H15F3O. The van der Waals surface area contributed by atoms with Crippen LogP contribution in [0.15, 0.2) is 24.3 Å². The Hall–Kier alpha value is -1.03. The molecule has 1 nitrogen and oxygen atoms in total. The van der Waals surface area contributed by atoms with Crippen molar-refractivity contribution in [2.75, 3.05) is 6.61 Å². The minimum Gasteiger partial charge on any atom is -0.395 e. The molecule has 1 saturated carbocycles. The van der Waals surface area contributed by atoms with E-state index in [4.69, 9.17) is 0 Å².